The van der Waals surface area contributed by atoms with Gasteiger partial charge >= 0.3 is 0 Å². The number of hydrogen-bond acceptors (Lipinski definition) is 1. The lowest BCUT2D eigenvalue weighted by Gasteiger charge is -2.09. The Bertz CT molecular complexity index is 260. The molecule has 1 atom stereocenters. The number of rotatable bonds is 4. The van der Waals surface area contributed by atoms with Gasteiger partial charge in [0.05, 0.1) is 13.3 Å². The molecule has 1 aromatic rings. The first-order chi connectivity index (χ1) is 6.27. The van der Waals surface area contributed by atoms with Crippen molar-refractivity contribution in [3.63, 3.8) is 0 Å². The van der Waals surface area contributed by atoms with Gasteiger partial charge in [-0.25, -0.2) is 0 Å². The molecule has 0 fully saturated rings. The van der Waals surface area contributed by atoms with Crippen LogP contribution in [0.3, 0.4) is 0 Å². The first-order valence-electron chi connectivity index (χ1n) is 4.56. The van der Waals surface area contributed by atoms with Crippen molar-refractivity contribution in [3.05, 3.63) is 29.8 Å². The lowest BCUT2D eigenvalue weighted by atomic mass is 10.0. The topological polar surface area (TPSA) is 9.23 Å². The SMILES string of the molecule is CCOc1cccc(C(C)CF)c1. The Morgan fingerprint density at radius 1 is 1.46 bits per heavy atom. The van der Waals surface area contributed by atoms with Gasteiger partial charge in [-0.2, -0.15) is 0 Å². The van der Waals surface area contributed by atoms with Crippen molar-refractivity contribution in [2.24, 2.45) is 0 Å². The molecule has 0 radical (unpaired) electrons. The van der Waals surface area contributed by atoms with E-state index in [-0.39, 0.29) is 12.6 Å². The average molecular weight is 182 g/mol. The maximum absolute atomic E-state index is 12.3. The van der Waals surface area contributed by atoms with Gasteiger partial charge in [0.15, 0.2) is 0 Å². The van der Waals surface area contributed by atoms with Crippen molar-refractivity contribution < 1.29 is 9.13 Å². The summed E-state index contributed by atoms with van der Waals surface area (Å²) in [7, 11) is 0. The standard InChI is InChI=1S/C11H15FO/c1-3-13-11-6-4-5-10(7-11)9(2)8-12/h4-7,9H,3,8H2,1-2H3. The summed E-state index contributed by atoms with van der Waals surface area (Å²) in [4.78, 5) is 0. The Balaban J connectivity index is 2.78. The molecule has 13 heavy (non-hydrogen) atoms. The molecule has 1 rings (SSSR count). The lowest BCUT2D eigenvalue weighted by molar-refractivity contribution is 0.339. The summed E-state index contributed by atoms with van der Waals surface area (Å²) in [6, 6.07) is 7.60. The van der Waals surface area contributed by atoms with E-state index in [1.165, 1.54) is 0 Å². The highest BCUT2D eigenvalue weighted by Crippen LogP contribution is 2.20. The van der Waals surface area contributed by atoms with Crippen molar-refractivity contribution in [1.82, 2.24) is 0 Å². The largest absolute Gasteiger partial charge is 0.494 e. The smallest absolute Gasteiger partial charge is 0.119 e. The van der Waals surface area contributed by atoms with Crippen LogP contribution in [0.1, 0.15) is 25.3 Å². The molecule has 72 valence electrons. The normalized spacial score (nSPS) is 12.5. The molecule has 0 aliphatic heterocycles. The van der Waals surface area contributed by atoms with Crippen molar-refractivity contribution in [2.75, 3.05) is 13.3 Å². The molecule has 0 bridgehead atoms. The van der Waals surface area contributed by atoms with Crippen molar-refractivity contribution in [3.8, 4) is 5.75 Å². The highest BCUT2D eigenvalue weighted by Gasteiger charge is 2.05. The molecule has 0 amide bonds. The third-order valence-corrected chi connectivity index (χ3v) is 1.97. The van der Waals surface area contributed by atoms with Gasteiger partial charge in [-0.3, -0.25) is 4.39 Å². The van der Waals surface area contributed by atoms with Crippen LogP contribution in [0.5, 0.6) is 5.75 Å². The quantitative estimate of drug-likeness (QED) is 0.695. The van der Waals surface area contributed by atoms with Gasteiger partial charge in [-0.1, -0.05) is 19.1 Å². The number of alkyl halides is 1. The molecule has 0 aliphatic rings. The summed E-state index contributed by atoms with van der Waals surface area (Å²) in [5.74, 6) is 0.778. The summed E-state index contributed by atoms with van der Waals surface area (Å²) in [6.45, 7) is 4.12. The van der Waals surface area contributed by atoms with Crippen LogP contribution < -0.4 is 4.74 Å². The number of ether oxygens (including phenoxy) is 1. The second kappa shape index (κ2) is 4.85. The predicted molar refractivity (Wildman–Crippen MR) is 52.0 cm³/mol. The van der Waals surface area contributed by atoms with Crippen molar-refractivity contribution in [1.29, 1.82) is 0 Å². The fourth-order valence-corrected chi connectivity index (χ4v) is 1.17. The molecular weight excluding hydrogens is 167 g/mol. The minimum atomic E-state index is -0.324. The molecule has 0 aromatic heterocycles. The minimum absolute atomic E-state index is 0.0413. The van der Waals surface area contributed by atoms with E-state index in [4.69, 9.17) is 4.74 Å². The average Bonchev–Trinajstić information content (AvgIpc) is 2.18. The third-order valence-electron chi connectivity index (χ3n) is 1.97. The van der Waals surface area contributed by atoms with E-state index in [1.54, 1.807) is 0 Å². The zero-order chi connectivity index (χ0) is 9.68. The fraction of sp³-hybridized carbons (Fsp3) is 0.455. The summed E-state index contributed by atoms with van der Waals surface area (Å²) in [5, 5.41) is 0. The van der Waals surface area contributed by atoms with Crippen LogP contribution in [-0.2, 0) is 0 Å². The van der Waals surface area contributed by atoms with Crippen molar-refractivity contribution in [2.45, 2.75) is 19.8 Å². The third kappa shape index (κ3) is 2.72. The molecular formula is C11H15FO. The van der Waals surface area contributed by atoms with Gasteiger partial charge in [0.1, 0.15) is 5.75 Å². The van der Waals surface area contributed by atoms with E-state index in [9.17, 15) is 4.39 Å². The van der Waals surface area contributed by atoms with E-state index in [1.807, 2.05) is 38.1 Å². The highest BCUT2D eigenvalue weighted by atomic mass is 19.1. The summed E-state index contributed by atoms with van der Waals surface area (Å²) in [6.07, 6.45) is 0. The first kappa shape index (κ1) is 10.0. The predicted octanol–water partition coefficient (Wildman–Crippen LogP) is 3.16. The van der Waals surface area contributed by atoms with Crippen LogP contribution in [0.2, 0.25) is 0 Å². The lowest BCUT2D eigenvalue weighted by Crippen LogP contribution is -1.97. The first-order valence-corrected chi connectivity index (χ1v) is 4.56. The summed E-state index contributed by atoms with van der Waals surface area (Å²) >= 11 is 0. The number of halogens is 1. The highest BCUT2D eigenvalue weighted by molar-refractivity contribution is 5.30. The van der Waals surface area contributed by atoms with Gasteiger partial charge in [0.2, 0.25) is 0 Å². The van der Waals surface area contributed by atoms with E-state index >= 15 is 0 Å². The Hall–Kier alpha value is -1.05. The molecule has 0 saturated heterocycles. The van der Waals surface area contributed by atoms with Crippen molar-refractivity contribution >= 4 is 0 Å². The maximum atomic E-state index is 12.3. The van der Waals surface area contributed by atoms with Crippen LogP contribution in [0, 0.1) is 0 Å². The maximum Gasteiger partial charge on any atom is 0.119 e. The van der Waals surface area contributed by atoms with E-state index in [0.29, 0.717) is 6.61 Å². The molecule has 2 heteroatoms. The molecule has 0 aliphatic carbocycles. The van der Waals surface area contributed by atoms with Crippen LogP contribution in [0.25, 0.3) is 0 Å². The van der Waals surface area contributed by atoms with Crippen LogP contribution in [-0.4, -0.2) is 13.3 Å². The Morgan fingerprint density at radius 3 is 2.85 bits per heavy atom. The monoisotopic (exact) mass is 182 g/mol. The van der Waals surface area contributed by atoms with Crippen LogP contribution in [0.15, 0.2) is 24.3 Å². The zero-order valence-corrected chi connectivity index (χ0v) is 8.09. The molecule has 1 aromatic carbocycles. The zero-order valence-electron chi connectivity index (χ0n) is 8.09. The Labute approximate surface area is 78.5 Å². The second-order valence-electron chi connectivity index (χ2n) is 3.06. The Kier molecular flexibility index (Phi) is 3.74. The summed E-state index contributed by atoms with van der Waals surface area (Å²) in [5.41, 5.74) is 0.994. The Morgan fingerprint density at radius 2 is 2.23 bits per heavy atom. The number of benzene rings is 1. The fourth-order valence-electron chi connectivity index (χ4n) is 1.17. The van der Waals surface area contributed by atoms with E-state index in [2.05, 4.69) is 0 Å². The van der Waals surface area contributed by atoms with Gasteiger partial charge in [0.25, 0.3) is 0 Å². The second-order valence-corrected chi connectivity index (χ2v) is 3.06. The van der Waals surface area contributed by atoms with E-state index in [0.717, 1.165) is 11.3 Å². The molecule has 1 unspecified atom stereocenters. The van der Waals surface area contributed by atoms with Gasteiger partial charge < -0.3 is 4.74 Å². The van der Waals surface area contributed by atoms with Gasteiger partial charge in [-0.15, -0.1) is 0 Å². The van der Waals surface area contributed by atoms with Gasteiger partial charge in [0, 0.05) is 5.92 Å². The molecule has 1 nitrogen and oxygen atoms in total. The molecule has 0 heterocycles. The van der Waals surface area contributed by atoms with Gasteiger partial charge in [-0.05, 0) is 24.6 Å². The number of hydrogen-bond donors (Lipinski definition) is 0. The summed E-state index contributed by atoms with van der Waals surface area (Å²) < 4.78 is 17.7. The molecule has 0 spiro atoms. The van der Waals surface area contributed by atoms with Crippen LogP contribution >= 0.6 is 0 Å². The van der Waals surface area contributed by atoms with E-state index < -0.39 is 0 Å². The molecule has 0 saturated carbocycles. The minimum Gasteiger partial charge on any atom is -0.494 e. The molecule has 0 N–H and O–H groups in total. The van der Waals surface area contributed by atoms with Crippen LogP contribution in [0.4, 0.5) is 4.39 Å².